The Balaban J connectivity index is 1.75. The van der Waals surface area contributed by atoms with E-state index in [9.17, 15) is 4.79 Å². The highest BCUT2D eigenvalue weighted by molar-refractivity contribution is 9.10. The maximum atomic E-state index is 12.4. The molecule has 0 aliphatic rings. The van der Waals surface area contributed by atoms with Crippen molar-refractivity contribution in [3.05, 3.63) is 70.8 Å². The molecule has 2 aromatic carbocycles. The van der Waals surface area contributed by atoms with Gasteiger partial charge in [0.1, 0.15) is 5.82 Å². The van der Waals surface area contributed by atoms with Crippen molar-refractivity contribution < 1.29 is 4.79 Å². The lowest BCUT2D eigenvalue weighted by Gasteiger charge is -2.10. The Labute approximate surface area is 147 Å². The van der Waals surface area contributed by atoms with Crippen molar-refractivity contribution in [2.45, 2.75) is 0 Å². The number of fused-ring (bicyclic) bond motifs is 1. The summed E-state index contributed by atoms with van der Waals surface area (Å²) in [5.74, 6) is 0.313. The summed E-state index contributed by atoms with van der Waals surface area (Å²) < 4.78 is 0.869. The molecule has 1 amide bonds. The minimum absolute atomic E-state index is 0.206. The maximum Gasteiger partial charge on any atom is 0.258 e. The first-order valence-corrected chi connectivity index (χ1v) is 8.05. The fourth-order valence-electron chi connectivity index (χ4n) is 2.19. The zero-order chi connectivity index (χ0) is 16.2. The van der Waals surface area contributed by atoms with Gasteiger partial charge in [0, 0.05) is 16.2 Å². The minimum Gasteiger partial charge on any atom is -0.317 e. The number of nitrogens with zero attached hydrogens (tertiary/aromatic N) is 1. The van der Waals surface area contributed by atoms with E-state index in [0.29, 0.717) is 11.4 Å². The van der Waals surface area contributed by atoms with Crippen molar-refractivity contribution in [1.29, 1.82) is 0 Å². The van der Waals surface area contributed by atoms with Crippen LogP contribution in [0.4, 0.5) is 5.82 Å². The number of rotatable bonds is 2. The average molecular weight is 386 g/mol. The van der Waals surface area contributed by atoms with E-state index in [0.717, 1.165) is 15.2 Å². The summed E-state index contributed by atoms with van der Waals surface area (Å²) in [6.07, 6.45) is 1.65. The van der Waals surface area contributed by atoms with Crippen molar-refractivity contribution >= 4 is 55.8 Å². The number of carbonyl (C=O) groups excluding carboxylic acids is 1. The van der Waals surface area contributed by atoms with E-state index in [-0.39, 0.29) is 11.0 Å². The highest BCUT2D eigenvalue weighted by atomic mass is 79.9. The Morgan fingerprint density at radius 1 is 1.04 bits per heavy atom. The van der Waals surface area contributed by atoms with E-state index < -0.39 is 0 Å². The molecule has 0 saturated carbocycles. The summed E-state index contributed by atoms with van der Waals surface area (Å²) in [7, 11) is 0. The average Bonchev–Trinajstić information content (AvgIpc) is 2.56. The number of halogens is 1. The molecular weight excluding hydrogens is 374 g/mol. The molecule has 0 bridgehead atoms. The zero-order valence-electron chi connectivity index (χ0n) is 11.9. The first-order valence-electron chi connectivity index (χ1n) is 6.85. The molecule has 3 aromatic rings. The first kappa shape index (κ1) is 15.6. The second-order valence-corrected chi connectivity index (χ2v) is 6.12. The lowest BCUT2D eigenvalue weighted by Crippen LogP contribution is -2.34. The third-order valence-electron chi connectivity index (χ3n) is 3.23. The summed E-state index contributed by atoms with van der Waals surface area (Å²) >= 11 is 8.49. The molecule has 23 heavy (non-hydrogen) atoms. The summed E-state index contributed by atoms with van der Waals surface area (Å²) in [4.78, 5) is 16.6. The molecule has 0 aliphatic heterocycles. The number of anilines is 1. The molecule has 114 valence electrons. The Kier molecular flexibility index (Phi) is 4.64. The van der Waals surface area contributed by atoms with Crippen LogP contribution in [0, 0.1) is 0 Å². The van der Waals surface area contributed by atoms with Crippen LogP contribution in [0.15, 0.2) is 65.3 Å². The van der Waals surface area contributed by atoms with Gasteiger partial charge in [-0.25, -0.2) is 4.98 Å². The summed E-state index contributed by atoms with van der Waals surface area (Å²) in [6, 6.07) is 16.9. The number of nitrogens with one attached hydrogen (secondary N) is 2. The van der Waals surface area contributed by atoms with Gasteiger partial charge in [0.25, 0.3) is 5.91 Å². The topological polar surface area (TPSA) is 54.0 Å². The fourth-order valence-corrected chi connectivity index (χ4v) is 2.62. The number of amides is 1. The molecule has 0 radical (unpaired) electrons. The van der Waals surface area contributed by atoms with E-state index in [2.05, 4.69) is 31.5 Å². The van der Waals surface area contributed by atoms with E-state index in [1.54, 1.807) is 18.3 Å². The number of hydrogen-bond acceptors (Lipinski definition) is 3. The summed E-state index contributed by atoms with van der Waals surface area (Å²) in [5.41, 5.74) is 0.580. The van der Waals surface area contributed by atoms with Gasteiger partial charge in [-0.1, -0.05) is 36.4 Å². The van der Waals surface area contributed by atoms with Crippen LogP contribution in [0.3, 0.4) is 0 Å². The number of pyridine rings is 1. The lowest BCUT2D eigenvalue weighted by atomic mass is 10.0. The predicted molar refractivity (Wildman–Crippen MR) is 99.6 cm³/mol. The zero-order valence-corrected chi connectivity index (χ0v) is 14.3. The van der Waals surface area contributed by atoms with Gasteiger partial charge in [-0.2, -0.15) is 0 Å². The molecule has 1 aromatic heterocycles. The number of benzene rings is 2. The molecular formula is C17H12BrN3OS. The van der Waals surface area contributed by atoms with Crippen LogP contribution in [-0.2, 0) is 0 Å². The maximum absolute atomic E-state index is 12.4. The molecule has 0 saturated heterocycles. The summed E-state index contributed by atoms with van der Waals surface area (Å²) in [5, 5.41) is 7.67. The number of aromatic nitrogens is 1. The molecule has 0 spiro atoms. The van der Waals surface area contributed by atoms with Crippen LogP contribution in [0.25, 0.3) is 10.8 Å². The third-order valence-corrected chi connectivity index (χ3v) is 3.90. The van der Waals surface area contributed by atoms with Gasteiger partial charge >= 0.3 is 0 Å². The Morgan fingerprint density at radius 2 is 1.83 bits per heavy atom. The van der Waals surface area contributed by atoms with Crippen LogP contribution in [-0.4, -0.2) is 16.0 Å². The fraction of sp³-hybridized carbons (Fsp3) is 0. The smallest absolute Gasteiger partial charge is 0.258 e. The normalized spacial score (nSPS) is 10.3. The van der Waals surface area contributed by atoms with Crippen LogP contribution in [0.2, 0.25) is 0 Å². The van der Waals surface area contributed by atoms with Gasteiger partial charge in [0.05, 0.1) is 0 Å². The van der Waals surface area contributed by atoms with Gasteiger partial charge < -0.3 is 5.32 Å². The quantitative estimate of drug-likeness (QED) is 0.651. The van der Waals surface area contributed by atoms with E-state index >= 15 is 0 Å². The van der Waals surface area contributed by atoms with E-state index in [1.165, 1.54) is 0 Å². The monoisotopic (exact) mass is 385 g/mol. The number of hydrogen-bond donors (Lipinski definition) is 2. The number of carbonyl (C=O) groups is 1. The van der Waals surface area contributed by atoms with Gasteiger partial charge in [0.15, 0.2) is 5.11 Å². The molecule has 0 aliphatic carbocycles. The number of thiocarbonyl (C=S) groups is 1. The Hall–Kier alpha value is -2.31. The molecule has 0 fully saturated rings. The Bertz CT molecular complexity index is 875. The largest absolute Gasteiger partial charge is 0.317 e. The van der Waals surface area contributed by atoms with Crippen LogP contribution in [0.1, 0.15) is 10.4 Å². The summed E-state index contributed by atoms with van der Waals surface area (Å²) in [6.45, 7) is 0. The third kappa shape index (κ3) is 3.72. The van der Waals surface area contributed by atoms with E-state index in [4.69, 9.17) is 12.2 Å². The highest BCUT2D eigenvalue weighted by Gasteiger charge is 2.11. The van der Waals surface area contributed by atoms with Gasteiger partial charge in [-0.05, 0) is 57.1 Å². The minimum atomic E-state index is -0.253. The first-order chi connectivity index (χ1) is 11.1. The van der Waals surface area contributed by atoms with Gasteiger partial charge in [-0.15, -0.1) is 0 Å². The van der Waals surface area contributed by atoms with Crippen molar-refractivity contribution in [2.24, 2.45) is 0 Å². The molecule has 6 heteroatoms. The standard InChI is InChI=1S/C17H12BrN3OS/c18-12-8-9-15(19-10-12)20-17(23)21-16(22)14-7-3-5-11-4-1-2-6-13(11)14/h1-10H,(H2,19,20,21,22,23). The molecule has 1 heterocycles. The molecule has 2 N–H and O–H groups in total. The van der Waals surface area contributed by atoms with Gasteiger partial charge in [-0.3, -0.25) is 10.1 Å². The van der Waals surface area contributed by atoms with Crippen molar-refractivity contribution in [2.75, 3.05) is 5.32 Å². The molecule has 0 unspecified atom stereocenters. The molecule has 3 rings (SSSR count). The van der Waals surface area contributed by atoms with Crippen molar-refractivity contribution in [3.63, 3.8) is 0 Å². The Morgan fingerprint density at radius 3 is 2.61 bits per heavy atom. The van der Waals surface area contributed by atoms with Crippen molar-refractivity contribution in [3.8, 4) is 0 Å². The second-order valence-electron chi connectivity index (χ2n) is 4.80. The lowest BCUT2D eigenvalue weighted by molar-refractivity contribution is 0.0979. The second kappa shape index (κ2) is 6.85. The van der Waals surface area contributed by atoms with Crippen molar-refractivity contribution in [1.82, 2.24) is 10.3 Å². The van der Waals surface area contributed by atoms with Gasteiger partial charge in [0.2, 0.25) is 0 Å². The van der Waals surface area contributed by atoms with Crippen LogP contribution >= 0.6 is 28.1 Å². The molecule has 4 nitrogen and oxygen atoms in total. The van der Waals surface area contributed by atoms with E-state index in [1.807, 2.05) is 42.5 Å². The highest BCUT2D eigenvalue weighted by Crippen LogP contribution is 2.18. The predicted octanol–water partition coefficient (Wildman–Crippen LogP) is 4.12. The van der Waals surface area contributed by atoms with Crippen LogP contribution in [0.5, 0.6) is 0 Å². The van der Waals surface area contributed by atoms with Crippen LogP contribution < -0.4 is 10.6 Å². The molecule has 0 atom stereocenters. The SMILES string of the molecule is O=C(NC(=S)Nc1ccc(Br)cn1)c1cccc2ccccc12.